The molecule has 0 aromatic rings. The fraction of sp³-hybridized carbons (Fsp3) is 1.00. The summed E-state index contributed by atoms with van der Waals surface area (Å²) in [4.78, 5) is 4.96. The van der Waals surface area contributed by atoms with Crippen LogP contribution in [0.4, 0.5) is 0 Å². The second-order valence-electron chi connectivity index (χ2n) is 4.94. The van der Waals surface area contributed by atoms with Crippen molar-refractivity contribution < 1.29 is 0 Å². The Morgan fingerprint density at radius 1 is 1.47 bits per heavy atom. The van der Waals surface area contributed by atoms with Crippen LogP contribution in [0.15, 0.2) is 0 Å². The Hall–Kier alpha value is -0.120. The van der Waals surface area contributed by atoms with E-state index < -0.39 is 0 Å². The molecule has 3 nitrogen and oxygen atoms in total. The van der Waals surface area contributed by atoms with Crippen LogP contribution in [0.5, 0.6) is 0 Å². The van der Waals surface area contributed by atoms with E-state index in [1.807, 2.05) is 0 Å². The summed E-state index contributed by atoms with van der Waals surface area (Å²) in [5.41, 5.74) is 0. The van der Waals surface area contributed by atoms with E-state index in [0.717, 1.165) is 18.6 Å². The minimum atomic E-state index is 0.722. The molecule has 1 saturated heterocycles. The van der Waals surface area contributed by atoms with Crippen molar-refractivity contribution in [3.05, 3.63) is 0 Å². The van der Waals surface area contributed by atoms with Gasteiger partial charge in [-0.2, -0.15) is 0 Å². The summed E-state index contributed by atoms with van der Waals surface area (Å²) < 4.78 is 0. The van der Waals surface area contributed by atoms with Gasteiger partial charge < -0.3 is 10.2 Å². The van der Waals surface area contributed by atoms with E-state index in [1.54, 1.807) is 0 Å². The highest BCUT2D eigenvalue weighted by Gasteiger charge is 2.24. The van der Waals surface area contributed by atoms with Crippen LogP contribution in [-0.2, 0) is 0 Å². The molecule has 3 heteroatoms. The monoisotopic (exact) mass is 213 g/mol. The molecule has 0 aliphatic carbocycles. The van der Waals surface area contributed by atoms with Gasteiger partial charge in [0.2, 0.25) is 0 Å². The molecule has 1 rings (SSSR count). The molecule has 0 aromatic heterocycles. The standard InChI is InChI=1S/C12H27N3/c1-5-12-10-13-7-9-15(12)11(2)6-8-14(3)4/h11-13H,5-10H2,1-4H3. The highest BCUT2D eigenvalue weighted by atomic mass is 15.2. The Morgan fingerprint density at radius 3 is 2.80 bits per heavy atom. The van der Waals surface area contributed by atoms with Crippen molar-refractivity contribution in [2.75, 3.05) is 40.3 Å². The maximum atomic E-state index is 3.48. The van der Waals surface area contributed by atoms with Crippen molar-refractivity contribution in [2.24, 2.45) is 0 Å². The summed E-state index contributed by atoms with van der Waals surface area (Å²) >= 11 is 0. The molecule has 0 spiro atoms. The van der Waals surface area contributed by atoms with E-state index in [0.29, 0.717) is 0 Å². The van der Waals surface area contributed by atoms with Gasteiger partial charge >= 0.3 is 0 Å². The van der Waals surface area contributed by atoms with Gasteiger partial charge in [0.1, 0.15) is 0 Å². The number of nitrogens with zero attached hydrogens (tertiary/aromatic N) is 2. The van der Waals surface area contributed by atoms with Gasteiger partial charge in [-0.05, 0) is 40.4 Å². The van der Waals surface area contributed by atoms with Crippen molar-refractivity contribution in [1.29, 1.82) is 0 Å². The highest BCUT2D eigenvalue weighted by molar-refractivity contribution is 4.82. The first-order chi connectivity index (χ1) is 7.15. The molecule has 1 aliphatic heterocycles. The number of hydrogen-bond acceptors (Lipinski definition) is 3. The van der Waals surface area contributed by atoms with E-state index in [4.69, 9.17) is 0 Å². The first-order valence-electron chi connectivity index (χ1n) is 6.26. The van der Waals surface area contributed by atoms with E-state index in [9.17, 15) is 0 Å². The smallest absolute Gasteiger partial charge is 0.0221 e. The van der Waals surface area contributed by atoms with E-state index >= 15 is 0 Å². The zero-order valence-electron chi connectivity index (χ0n) is 10.8. The molecule has 15 heavy (non-hydrogen) atoms. The number of nitrogens with one attached hydrogen (secondary N) is 1. The molecule has 2 unspecified atom stereocenters. The van der Waals surface area contributed by atoms with Crippen LogP contribution >= 0.6 is 0 Å². The second-order valence-corrected chi connectivity index (χ2v) is 4.94. The van der Waals surface area contributed by atoms with Gasteiger partial charge in [-0.3, -0.25) is 4.90 Å². The normalized spacial score (nSPS) is 25.8. The molecular formula is C12H27N3. The molecule has 0 bridgehead atoms. The first-order valence-corrected chi connectivity index (χ1v) is 6.26. The van der Waals surface area contributed by atoms with E-state index in [2.05, 4.69) is 43.1 Å². The lowest BCUT2D eigenvalue weighted by Crippen LogP contribution is -2.54. The zero-order chi connectivity index (χ0) is 11.3. The van der Waals surface area contributed by atoms with Gasteiger partial charge in [-0.25, -0.2) is 0 Å². The molecule has 0 saturated carbocycles. The summed E-state index contributed by atoms with van der Waals surface area (Å²) in [6.45, 7) is 9.40. The van der Waals surface area contributed by atoms with E-state index in [-0.39, 0.29) is 0 Å². The molecule has 1 heterocycles. The Morgan fingerprint density at radius 2 is 2.20 bits per heavy atom. The number of piperazine rings is 1. The average Bonchev–Trinajstić information content (AvgIpc) is 2.25. The SMILES string of the molecule is CCC1CNCCN1C(C)CCN(C)C. The number of hydrogen-bond donors (Lipinski definition) is 1. The number of rotatable bonds is 5. The quantitative estimate of drug-likeness (QED) is 0.735. The molecule has 2 atom stereocenters. The lowest BCUT2D eigenvalue weighted by atomic mass is 10.1. The molecule has 0 amide bonds. The van der Waals surface area contributed by atoms with Crippen LogP contribution in [0.1, 0.15) is 26.7 Å². The average molecular weight is 213 g/mol. The minimum absolute atomic E-state index is 0.722. The summed E-state index contributed by atoms with van der Waals surface area (Å²) in [5, 5.41) is 3.48. The van der Waals surface area contributed by atoms with Crippen molar-refractivity contribution in [3.63, 3.8) is 0 Å². The van der Waals surface area contributed by atoms with Crippen molar-refractivity contribution in [3.8, 4) is 0 Å². The molecular weight excluding hydrogens is 186 g/mol. The van der Waals surface area contributed by atoms with Crippen molar-refractivity contribution >= 4 is 0 Å². The third-order valence-electron chi connectivity index (χ3n) is 3.43. The third-order valence-corrected chi connectivity index (χ3v) is 3.43. The summed E-state index contributed by atoms with van der Waals surface area (Å²) in [6, 6.07) is 1.47. The fourth-order valence-corrected chi connectivity index (χ4v) is 2.35. The maximum Gasteiger partial charge on any atom is 0.0221 e. The molecule has 0 radical (unpaired) electrons. The van der Waals surface area contributed by atoms with Crippen LogP contribution in [0, 0.1) is 0 Å². The molecule has 1 aliphatic rings. The topological polar surface area (TPSA) is 18.5 Å². The Balaban J connectivity index is 2.37. The third kappa shape index (κ3) is 4.09. The lowest BCUT2D eigenvalue weighted by molar-refractivity contribution is 0.102. The van der Waals surface area contributed by atoms with Crippen LogP contribution < -0.4 is 5.32 Å². The molecule has 1 N–H and O–H groups in total. The summed E-state index contributed by atoms with van der Waals surface area (Å²) in [6.07, 6.45) is 2.54. The first kappa shape index (κ1) is 12.9. The predicted octanol–water partition coefficient (Wildman–Crippen LogP) is 1.01. The lowest BCUT2D eigenvalue weighted by Gasteiger charge is -2.40. The Kier molecular flexibility index (Phi) is 5.58. The Bertz CT molecular complexity index is 170. The van der Waals surface area contributed by atoms with Gasteiger partial charge in [0, 0.05) is 31.7 Å². The van der Waals surface area contributed by atoms with Gasteiger partial charge in [0.15, 0.2) is 0 Å². The maximum absolute atomic E-state index is 3.48. The highest BCUT2D eigenvalue weighted by Crippen LogP contribution is 2.13. The van der Waals surface area contributed by atoms with Gasteiger partial charge in [-0.1, -0.05) is 6.92 Å². The van der Waals surface area contributed by atoms with Crippen LogP contribution in [0.2, 0.25) is 0 Å². The van der Waals surface area contributed by atoms with E-state index in [1.165, 1.54) is 32.5 Å². The van der Waals surface area contributed by atoms with Crippen LogP contribution in [0.3, 0.4) is 0 Å². The summed E-state index contributed by atoms with van der Waals surface area (Å²) in [7, 11) is 4.31. The fourth-order valence-electron chi connectivity index (χ4n) is 2.35. The van der Waals surface area contributed by atoms with Gasteiger partial charge in [-0.15, -0.1) is 0 Å². The van der Waals surface area contributed by atoms with Crippen molar-refractivity contribution in [1.82, 2.24) is 15.1 Å². The van der Waals surface area contributed by atoms with Crippen LogP contribution in [0.25, 0.3) is 0 Å². The predicted molar refractivity (Wildman–Crippen MR) is 66.3 cm³/mol. The molecule has 0 aromatic carbocycles. The Labute approximate surface area is 94.8 Å². The van der Waals surface area contributed by atoms with Crippen LogP contribution in [-0.4, -0.2) is 62.2 Å². The van der Waals surface area contributed by atoms with Gasteiger partial charge in [0.25, 0.3) is 0 Å². The largest absolute Gasteiger partial charge is 0.314 e. The van der Waals surface area contributed by atoms with Crippen molar-refractivity contribution in [2.45, 2.75) is 38.8 Å². The van der Waals surface area contributed by atoms with Gasteiger partial charge in [0.05, 0.1) is 0 Å². The molecule has 90 valence electrons. The minimum Gasteiger partial charge on any atom is -0.314 e. The molecule has 1 fully saturated rings. The zero-order valence-corrected chi connectivity index (χ0v) is 10.8. The second kappa shape index (κ2) is 6.46. The summed E-state index contributed by atoms with van der Waals surface area (Å²) in [5.74, 6) is 0.